The van der Waals surface area contributed by atoms with Crippen molar-refractivity contribution in [2.45, 2.75) is 96.8 Å². The van der Waals surface area contributed by atoms with Gasteiger partial charge in [-0.2, -0.15) is 0 Å². The largest absolute Gasteiger partial charge is 1.00 e. The van der Waals surface area contributed by atoms with Crippen molar-refractivity contribution in [1.82, 2.24) is 0 Å². The van der Waals surface area contributed by atoms with Crippen molar-refractivity contribution in [3.63, 3.8) is 0 Å². The fraction of sp³-hybridized carbons (Fsp3) is 0.833. The van der Waals surface area contributed by atoms with Crippen molar-refractivity contribution >= 4 is 5.97 Å². The molecule has 0 aliphatic heterocycles. The van der Waals surface area contributed by atoms with Crippen LogP contribution in [0.2, 0.25) is 0 Å². The topological polar surface area (TPSA) is 40.1 Å². The van der Waals surface area contributed by atoms with Crippen molar-refractivity contribution in [3.8, 4) is 0 Å². The maximum Gasteiger partial charge on any atom is 1.00 e. The molecule has 0 heterocycles. The second-order valence-electron chi connectivity index (χ2n) is 5.71. The van der Waals surface area contributed by atoms with Crippen molar-refractivity contribution in [1.29, 1.82) is 0 Å². The summed E-state index contributed by atoms with van der Waals surface area (Å²) in [5.41, 5.74) is 0. The summed E-state index contributed by atoms with van der Waals surface area (Å²) in [7, 11) is 0. The molecule has 21 heavy (non-hydrogen) atoms. The van der Waals surface area contributed by atoms with E-state index in [-0.39, 0.29) is 36.0 Å². The monoisotopic (exact) mass is 304 g/mol. The summed E-state index contributed by atoms with van der Waals surface area (Å²) in [6.07, 6.45) is 20.9. The van der Waals surface area contributed by atoms with Gasteiger partial charge in [-0.1, -0.05) is 70.4 Å². The Morgan fingerprint density at radius 2 is 1.19 bits per heavy atom. The number of carboxylic acids is 1. The molecule has 0 rings (SSSR count). The number of carboxylic acid groups (broad SMARTS) is 1. The van der Waals surface area contributed by atoms with Crippen LogP contribution in [-0.2, 0) is 4.79 Å². The first kappa shape index (κ1) is 23.5. The number of aliphatic carboxylic acids is 1. The van der Waals surface area contributed by atoms with Crippen LogP contribution in [0.1, 0.15) is 96.8 Å². The van der Waals surface area contributed by atoms with Gasteiger partial charge in [-0.25, -0.2) is 0 Å². The molecule has 2 nitrogen and oxygen atoms in total. The molecule has 0 spiro atoms. The van der Waals surface area contributed by atoms with Gasteiger partial charge in [0.1, 0.15) is 0 Å². The van der Waals surface area contributed by atoms with Crippen LogP contribution in [0.15, 0.2) is 12.2 Å². The molecule has 0 aromatic carbocycles. The summed E-state index contributed by atoms with van der Waals surface area (Å²) in [6, 6.07) is 0. The summed E-state index contributed by atoms with van der Waals surface area (Å²) < 4.78 is 0. The number of unbranched alkanes of at least 4 members (excludes halogenated alkanes) is 11. The van der Waals surface area contributed by atoms with Crippen LogP contribution in [-0.4, -0.2) is 5.97 Å². The first-order valence-electron chi connectivity index (χ1n) is 8.62. The van der Waals surface area contributed by atoms with E-state index in [0.29, 0.717) is 0 Å². The number of allylic oxidation sites excluding steroid dienone is 2. The van der Waals surface area contributed by atoms with Gasteiger partial charge in [0.25, 0.3) is 0 Å². The maximum absolute atomic E-state index is 10.2. The van der Waals surface area contributed by atoms with Crippen LogP contribution >= 0.6 is 0 Å². The average molecular weight is 304 g/mol. The molecule has 0 fully saturated rings. The molecule has 0 aromatic heterocycles. The molecule has 0 saturated heterocycles. The Morgan fingerprint density at radius 3 is 1.67 bits per heavy atom. The molecule has 0 radical (unpaired) electrons. The third-order valence-electron chi connectivity index (χ3n) is 3.64. The minimum atomic E-state index is -0.914. The zero-order valence-corrected chi connectivity index (χ0v) is 16.4. The second kappa shape index (κ2) is 20.2. The van der Waals surface area contributed by atoms with Gasteiger partial charge in [0.2, 0.25) is 0 Å². The van der Waals surface area contributed by atoms with E-state index in [2.05, 4.69) is 19.1 Å². The van der Waals surface area contributed by atoms with Crippen LogP contribution in [0.3, 0.4) is 0 Å². The van der Waals surface area contributed by atoms with E-state index in [4.69, 9.17) is 0 Å². The Labute approximate surface area is 154 Å². The summed E-state index contributed by atoms with van der Waals surface area (Å²) in [5.74, 6) is -0.914. The smallest absolute Gasteiger partial charge is 0.550 e. The first-order chi connectivity index (χ1) is 9.77. The van der Waals surface area contributed by atoms with Gasteiger partial charge in [0.15, 0.2) is 0 Å². The summed E-state index contributed by atoms with van der Waals surface area (Å²) >= 11 is 0. The second-order valence-corrected chi connectivity index (χ2v) is 5.71. The normalized spacial score (nSPS) is 10.7. The molecule has 0 bridgehead atoms. The quantitative estimate of drug-likeness (QED) is 0.263. The fourth-order valence-corrected chi connectivity index (χ4v) is 2.34. The summed E-state index contributed by atoms with van der Waals surface area (Å²) in [5, 5.41) is 10.2. The SMILES string of the molecule is CCCCCCCC/C=C\CCCCCCCC(=O)[O-].[Na+]. The predicted octanol–water partition coefficient (Wildman–Crippen LogP) is 1.78. The molecule has 0 saturated carbocycles. The molecular formula is C18H33NaO2. The van der Waals surface area contributed by atoms with Crippen LogP contribution in [0.25, 0.3) is 0 Å². The Bertz CT molecular complexity index is 239. The third kappa shape index (κ3) is 22.6. The Hall–Kier alpha value is 0.210. The molecule has 0 atom stereocenters. The maximum atomic E-state index is 10.2. The zero-order chi connectivity index (χ0) is 14.9. The molecular weight excluding hydrogens is 271 g/mol. The number of carbonyl (C=O) groups excluding carboxylic acids is 1. The molecule has 0 unspecified atom stereocenters. The van der Waals surface area contributed by atoms with Gasteiger partial charge >= 0.3 is 29.6 Å². The van der Waals surface area contributed by atoms with Gasteiger partial charge in [0.05, 0.1) is 0 Å². The van der Waals surface area contributed by atoms with Gasteiger partial charge < -0.3 is 9.90 Å². The van der Waals surface area contributed by atoms with Crippen LogP contribution in [0.4, 0.5) is 0 Å². The molecule has 0 amide bonds. The number of hydrogen-bond acceptors (Lipinski definition) is 2. The van der Waals surface area contributed by atoms with Crippen LogP contribution < -0.4 is 34.7 Å². The molecule has 0 aliphatic carbocycles. The molecule has 0 aliphatic rings. The van der Waals surface area contributed by atoms with Crippen LogP contribution in [0, 0.1) is 0 Å². The number of carbonyl (C=O) groups is 1. The van der Waals surface area contributed by atoms with E-state index in [9.17, 15) is 9.90 Å². The minimum absolute atomic E-state index is 0. The van der Waals surface area contributed by atoms with Gasteiger partial charge in [-0.15, -0.1) is 0 Å². The van der Waals surface area contributed by atoms with E-state index in [1.165, 1.54) is 64.2 Å². The van der Waals surface area contributed by atoms with Crippen LogP contribution in [0.5, 0.6) is 0 Å². The fourth-order valence-electron chi connectivity index (χ4n) is 2.34. The van der Waals surface area contributed by atoms with E-state index in [1.54, 1.807) is 0 Å². The predicted molar refractivity (Wildman–Crippen MR) is 84.5 cm³/mol. The molecule has 118 valence electrons. The van der Waals surface area contributed by atoms with Crippen molar-refractivity contribution in [2.75, 3.05) is 0 Å². The minimum Gasteiger partial charge on any atom is -0.550 e. The van der Waals surface area contributed by atoms with Gasteiger partial charge in [-0.3, -0.25) is 0 Å². The van der Waals surface area contributed by atoms with Crippen molar-refractivity contribution in [3.05, 3.63) is 12.2 Å². The zero-order valence-electron chi connectivity index (χ0n) is 14.4. The van der Waals surface area contributed by atoms with Gasteiger partial charge in [-0.05, 0) is 38.5 Å². The van der Waals surface area contributed by atoms with Crippen molar-refractivity contribution in [2.24, 2.45) is 0 Å². The van der Waals surface area contributed by atoms with E-state index in [1.807, 2.05) is 0 Å². The average Bonchev–Trinajstić information content (AvgIpc) is 2.43. The molecule has 0 aromatic rings. The molecule has 0 N–H and O–H groups in total. The summed E-state index contributed by atoms with van der Waals surface area (Å²) in [4.78, 5) is 10.2. The standard InChI is InChI=1S/C18H34O2.Na/c1-2-3-4-5-6-7-8-9-10-11-12-13-14-15-16-17-18(19)20;/h9-10H,2-8,11-17H2,1H3,(H,19,20);/q;+1/p-1/b10-9-;. The Kier molecular flexibility index (Phi) is 22.6. The van der Waals surface area contributed by atoms with Gasteiger partial charge in [0, 0.05) is 5.97 Å². The summed E-state index contributed by atoms with van der Waals surface area (Å²) in [6.45, 7) is 2.26. The van der Waals surface area contributed by atoms with E-state index >= 15 is 0 Å². The van der Waals surface area contributed by atoms with E-state index in [0.717, 1.165) is 19.3 Å². The third-order valence-corrected chi connectivity index (χ3v) is 3.64. The number of hydrogen-bond donors (Lipinski definition) is 0. The Balaban J connectivity index is 0. The van der Waals surface area contributed by atoms with Crippen molar-refractivity contribution < 1.29 is 39.5 Å². The van der Waals surface area contributed by atoms with E-state index < -0.39 is 5.97 Å². The molecule has 3 heteroatoms. The first-order valence-corrected chi connectivity index (χ1v) is 8.62. The Morgan fingerprint density at radius 1 is 0.762 bits per heavy atom. The number of rotatable bonds is 15.